The van der Waals surface area contributed by atoms with Crippen molar-refractivity contribution in [1.82, 2.24) is 10.3 Å². The van der Waals surface area contributed by atoms with E-state index in [1.807, 2.05) is 31.2 Å². The van der Waals surface area contributed by atoms with Crippen LogP contribution in [-0.2, 0) is 4.79 Å². The van der Waals surface area contributed by atoms with Crippen molar-refractivity contribution in [3.63, 3.8) is 0 Å². The number of aromatic nitrogens is 1. The Morgan fingerprint density at radius 3 is 2.75 bits per heavy atom. The van der Waals surface area contributed by atoms with Gasteiger partial charge in [0.25, 0.3) is 11.1 Å². The van der Waals surface area contributed by atoms with Gasteiger partial charge in [-0.25, -0.2) is 0 Å². The molecule has 0 aliphatic carbocycles. The molecule has 1 N–H and O–H groups in total. The van der Waals surface area contributed by atoms with Crippen molar-refractivity contribution in [2.75, 3.05) is 6.61 Å². The topological polar surface area (TPSA) is 81.4 Å². The van der Waals surface area contributed by atoms with Crippen LogP contribution in [0.5, 0.6) is 5.75 Å². The summed E-state index contributed by atoms with van der Waals surface area (Å²) in [5, 5.41) is 2.59. The first-order valence-corrected chi connectivity index (χ1v) is 9.31. The lowest BCUT2D eigenvalue weighted by atomic mass is 10.2. The highest BCUT2D eigenvalue weighted by Crippen LogP contribution is 2.28. The third-order valence-electron chi connectivity index (χ3n) is 3.86. The van der Waals surface area contributed by atoms with Crippen molar-refractivity contribution in [3.05, 3.63) is 64.5 Å². The van der Waals surface area contributed by atoms with Crippen molar-refractivity contribution < 1.29 is 18.7 Å². The largest absolute Gasteiger partial charge is 0.494 e. The zero-order chi connectivity index (χ0) is 19.5. The van der Waals surface area contributed by atoms with Crippen LogP contribution in [0.1, 0.15) is 23.8 Å². The summed E-state index contributed by atoms with van der Waals surface area (Å²) in [5.41, 5.74) is 2.05. The molecule has 0 bridgehead atoms. The number of carbonyl (C=O) groups is 2. The lowest BCUT2D eigenvalue weighted by molar-refractivity contribution is -0.115. The van der Waals surface area contributed by atoms with Gasteiger partial charge >= 0.3 is 0 Å². The van der Waals surface area contributed by atoms with Crippen molar-refractivity contribution in [2.45, 2.75) is 6.92 Å². The number of nitrogens with zero attached hydrogens (tertiary/aromatic N) is 1. The van der Waals surface area contributed by atoms with Crippen LogP contribution >= 0.6 is 11.8 Å². The lowest BCUT2D eigenvalue weighted by Gasteiger charge is -2.01. The molecule has 3 heterocycles. The second-order valence-electron chi connectivity index (χ2n) is 5.81. The zero-order valence-electron chi connectivity index (χ0n) is 14.8. The highest BCUT2D eigenvalue weighted by atomic mass is 32.2. The monoisotopic (exact) mass is 390 g/mol. The predicted octanol–water partition coefficient (Wildman–Crippen LogP) is 3.95. The van der Waals surface area contributed by atoms with Crippen LogP contribution in [0.25, 0.3) is 17.0 Å². The molecule has 0 radical (unpaired) electrons. The van der Waals surface area contributed by atoms with Gasteiger partial charge in [0, 0.05) is 29.4 Å². The Labute approximate surface area is 165 Å². The first-order chi connectivity index (χ1) is 13.6. The first kappa shape index (κ1) is 17.9. The van der Waals surface area contributed by atoms with Crippen LogP contribution in [0.2, 0.25) is 0 Å². The Hall–Kier alpha value is -3.50. The summed E-state index contributed by atoms with van der Waals surface area (Å²) in [4.78, 5) is 27.5. The number of thioether (sulfide) groups is 1. The minimum Gasteiger partial charge on any atom is -0.494 e. The fourth-order valence-electron chi connectivity index (χ4n) is 2.63. The Bertz CT molecular complexity index is 1170. The Kier molecular flexibility index (Phi) is 4.87. The summed E-state index contributed by atoms with van der Waals surface area (Å²) < 4.78 is 11.3. The van der Waals surface area contributed by atoms with Gasteiger partial charge < -0.3 is 9.15 Å². The third-order valence-corrected chi connectivity index (χ3v) is 4.67. The molecule has 0 saturated carbocycles. The smallest absolute Gasteiger partial charge is 0.290 e. The van der Waals surface area contributed by atoms with E-state index >= 15 is 0 Å². The number of carbonyl (C=O) groups excluding carboxylic acids is 2. The van der Waals surface area contributed by atoms with Crippen molar-refractivity contribution in [3.8, 4) is 17.6 Å². The summed E-state index contributed by atoms with van der Waals surface area (Å²) >= 11 is 0.842. The van der Waals surface area contributed by atoms with Gasteiger partial charge in [-0.05, 0) is 49.0 Å². The van der Waals surface area contributed by atoms with E-state index in [4.69, 9.17) is 9.15 Å². The fourth-order valence-corrected chi connectivity index (χ4v) is 3.30. The lowest BCUT2D eigenvalue weighted by Crippen LogP contribution is -2.17. The average Bonchev–Trinajstić information content (AvgIpc) is 3.24. The number of imide groups is 1. The van der Waals surface area contributed by atoms with Gasteiger partial charge in [-0.1, -0.05) is 11.8 Å². The Morgan fingerprint density at radius 2 is 2.04 bits per heavy atom. The molecule has 0 spiro atoms. The molecule has 1 aromatic carbocycles. The maximum absolute atomic E-state index is 11.7. The first-order valence-electron chi connectivity index (χ1n) is 8.49. The molecule has 0 unspecified atom stereocenters. The number of amides is 2. The van der Waals surface area contributed by atoms with Crippen LogP contribution in [-0.4, -0.2) is 22.7 Å². The van der Waals surface area contributed by atoms with E-state index < -0.39 is 11.1 Å². The number of hydrogen-bond acceptors (Lipinski definition) is 6. The molecule has 0 atom stereocenters. The van der Waals surface area contributed by atoms with E-state index in [1.54, 1.807) is 18.5 Å². The van der Waals surface area contributed by atoms with E-state index in [2.05, 4.69) is 22.1 Å². The molecule has 28 heavy (non-hydrogen) atoms. The van der Waals surface area contributed by atoms with Crippen molar-refractivity contribution >= 4 is 40.0 Å². The van der Waals surface area contributed by atoms with Crippen molar-refractivity contribution in [2.24, 2.45) is 0 Å². The summed E-state index contributed by atoms with van der Waals surface area (Å²) in [7, 11) is 0. The van der Waals surface area contributed by atoms with Crippen molar-refractivity contribution in [1.29, 1.82) is 0 Å². The number of fused-ring (bicyclic) bond motifs is 1. The quantitative estimate of drug-likeness (QED) is 0.539. The van der Waals surface area contributed by atoms with E-state index in [0.29, 0.717) is 28.4 Å². The molecular formula is C21H14N2O4S. The number of rotatable bonds is 3. The minimum atomic E-state index is -0.427. The molecule has 1 saturated heterocycles. The van der Waals surface area contributed by atoms with Crippen LogP contribution in [0.3, 0.4) is 0 Å². The molecule has 1 fully saturated rings. The number of furan rings is 1. The highest BCUT2D eigenvalue weighted by Gasteiger charge is 2.25. The van der Waals surface area contributed by atoms with Gasteiger partial charge in [-0.15, -0.1) is 0 Å². The molecule has 7 heteroatoms. The summed E-state index contributed by atoms with van der Waals surface area (Å²) in [6.07, 6.45) is 4.83. The number of benzene rings is 1. The second kappa shape index (κ2) is 7.62. The van der Waals surface area contributed by atoms with E-state index in [0.717, 1.165) is 28.5 Å². The highest BCUT2D eigenvalue weighted by molar-refractivity contribution is 8.18. The maximum atomic E-state index is 11.7. The summed E-state index contributed by atoms with van der Waals surface area (Å²) in [6.45, 7) is 2.55. The SMILES string of the molecule is CCOc1ccc(C#Cc2cncc3cc(C=C4SC(=O)NC4=O)oc23)cc1. The number of pyridine rings is 1. The second-order valence-corrected chi connectivity index (χ2v) is 6.83. The van der Waals surface area contributed by atoms with Gasteiger partial charge in [0.15, 0.2) is 5.58 Å². The molecule has 2 aromatic heterocycles. The van der Waals surface area contributed by atoms with E-state index in [1.165, 1.54) is 6.08 Å². The molecule has 1 aliphatic rings. The molecular weight excluding hydrogens is 376 g/mol. The summed E-state index contributed by atoms with van der Waals surface area (Å²) in [6, 6.07) is 9.27. The molecule has 1 aliphatic heterocycles. The van der Waals surface area contributed by atoms with Gasteiger partial charge in [-0.2, -0.15) is 0 Å². The fraction of sp³-hybridized carbons (Fsp3) is 0.0952. The van der Waals surface area contributed by atoms with Gasteiger partial charge in [0.2, 0.25) is 0 Å². The predicted molar refractivity (Wildman–Crippen MR) is 107 cm³/mol. The minimum absolute atomic E-state index is 0.291. The Balaban J connectivity index is 1.64. The third kappa shape index (κ3) is 3.77. The van der Waals surface area contributed by atoms with Gasteiger partial charge in [0.05, 0.1) is 17.1 Å². The molecule has 6 nitrogen and oxygen atoms in total. The number of hydrogen-bond donors (Lipinski definition) is 1. The standard InChI is InChI=1S/C21H14N2O4S/c1-2-26-16-7-4-13(5-8-16)3-6-14-11-22-12-15-9-17(27-19(14)15)10-18-20(24)23-21(25)28-18/h4-5,7-12H,2H2,1H3,(H,23,24,25). The van der Waals surface area contributed by atoms with Crippen LogP contribution in [0, 0.1) is 11.8 Å². The molecule has 138 valence electrons. The van der Waals surface area contributed by atoms with Crippen LogP contribution in [0.4, 0.5) is 4.79 Å². The number of ether oxygens (including phenoxy) is 1. The summed E-state index contributed by atoms with van der Waals surface area (Å²) in [5.74, 6) is 6.99. The number of nitrogens with one attached hydrogen (secondary N) is 1. The normalized spacial score (nSPS) is 14.8. The van der Waals surface area contributed by atoms with Crippen LogP contribution < -0.4 is 10.1 Å². The molecule has 2 amide bonds. The average molecular weight is 390 g/mol. The Morgan fingerprint density at radius 1 is 1.21 bits per heavy atom. The maximum Gasteiger partial charge on any atom is 0.290 e. The van der Waals surface area contributed by atoms with E-state index in [-0.39, 0.29) is 0 Å². The molecule has 4 rings (SSSR count). The molecule has 3 aromatic rings. The van der Waals surface area contributed by atoms with Crippen LogP contribution in [0.15, 0.2) is 52.0 Å². The van der Waals surface area contributed by atoms with E-state index in [9.17, 15) is 9.59 Å². The van der Waals surface area contributed by atoms with Gasteiger partial charge in [-0.3, -0.25) is 19.9 Å². The zero-order valence-corrected chi connectivity index (χ0v) is 15.6. The van der Waals surface area contributed by atoms with Gasteiger partial charge in [0.1, 0.15) is 11.5 Å².